The summed E-state index contributed by atoms with van der Waals surface area (Å²) in [6.45, 7) is 0. The number of rotatable bonds is 4. The molecule has 2 aromatic rings. The molecule has 2 aromatic heterocycles. The fraction of sp³-hybridized carbons (Fsp3) is 0.417. The second-order valence-electron chi connectivity index (χ2n) is 4.37. The lowest BCUT2D eigenvalue weighted by atomic mass is 10.3. The number of aryl methyl sites for hydroxylation is 1. The molecule has 0 aliphatic heterocycles. The average molecular weight is 231 g/mol. The number of aromatic nitrogens is 3. The van der Waals surface area contributed by atoms with Gasteiger partial charge in [-0.25, -0.2) is 9.97 Å². The zero-order valence-electron chi connectivity index (χ0n) is 9.33. The van der Waals surface area contributed by atoms with Crippen LogP contribution in [0.1, 0.15) is 31.1 Å². The van der Waals surface area contributed by atoms with Gasteiger partial charge in [0, 0.05) is 18.7 Å². The summed E-state index contributed by atoms with van der Waals surface area (Å²) in [5.74, 6) is 0.0657. The first-order valence-corrected chi connectivity index (χ1v) is 5.79. The summed E-state index contributed by atoms with van der Waals surface area (Å²) >= 11 is 0. The van der Waals surface area contributed by atoms with Gasteiger partial charge in [-0.2, -0.15) is 0 Å². The number of pyridine rings is 1. The Hall–Kier alpha value is -1.91. The molecule has 3 rings (SSSR count). The van der Waals surface area contributed by atoms with Gasteiger partial charge >= 0.3 is 5.97 Å². The molecule has 17 heavy (non-hydrogen) atoms. The minimum absolute atomic E-state index is 0.121. The minimum Gasteiger partial charge on any atom is -0.481 e. The van der Waals surface area contributed by atoms with Gasteiger partial charge in [-0.1, -0.05) is 0 Å². The first-order valence-electron chi connectivity index (χ1n) is 5.79. The van der Waals surface area contributed by atoms with Crippen molar-refractivity contribution in [1.82, 2.24) is 14.5 Å². The van der Waals surface area contributed by atoms with Gasteiger partial charge in [-0.05, 0) is 25.0 Å². The third-order valence-corrected chi connectivity index (χ3v) is 3.00. The second-order valence-corrected chi connectivity index (χ2v) is 4.37. The number of carboxylic acid groups (broad SMARTS) is 1. The van der Waals surface area contributed by atoms with Crippen molar-refractivity contribution in [3.8, 4) is 0 Å². The predicted molar refractivity (Wildman–Crippen MR) is 61.8 cm³/mol. The molecule has 1 aliphatic rings. The van der Waals surface area contributed by atoms with E-state index in [2.05, 4.69) is 14.5 Å². The van der Waals surface area contributed by atoms with Crippen LogP contribution in [-0.4, -0.2) is 25.6 Å². The molecular weight excluding hydrogens is 218 g/mol. The van der Waals surface area contributed by atoms with E-state index in [-0.39, 0.29) is 6.42 Å². The maximum atomic E-state index is 10.6. The number of carbonyl (C=O) groups is 1. The van der Waals surface area contributed by atoms with Gasteiger partial charge in [0.15, 0.2) is 5.65 Å². The lowest BCUT2D eigenvalue weighted by molar-refractivity contribution is -0.137. The van der Waals surface area contributed by atoms with E-state index in [1.807, 2.05) is 12.1 Å². The molecule has 88 valence electrons. The molecule has 1 aliphatic carbocycles. The summed E-state index contributed by atoms with van der Waals surface area (Å²) in [6, 6.07) is 4.25. The van der Waals surface area contributed by atoms with Gasteiger partial charge in [0.2, 0.25) is 0 Å². The van der Waals surface area contributed by atoms with Crippen LogP contribution in [0.25, 0.3) is 11.2 Å². The summed E-state index contributed by atoms with van der Waals surface area (Å²) in [5, 5.41) is 8.74. The summed E-state index contributed by atoms with van der Waals surface area (Å²) in [4.78, 5) is 19.5. The van der Waals surface area contributed by atoms with Crippen molar-refractivity contribution >= 4 is 17.1 Å². The maximum Gasteiger partial charge on any atom is 0.303 e. The molecule has 0 bridgehead atoms. The zero-order chi connectivity index (χ0) is 11.8. The van der Waals surface area contributed by atoms with Crippen molar-refractivity contribution in [2.75, 3.05) is 0 Å². The number of carboxylic acids is 1. The van der Waals surface area contributed by atoms with Crippen LogP contribution in [0, 0.1) is 0 Å². The Bertz CT molecular complexity index is 572. The highest BCUT2D eigenvalue weighted by molar-refractivity contribution is 5.72. The van der Waals surface area contributed by atoms with Crippen molar-refractivity contribution in [1.29, 1.82) is 0 Å². The van der Waals surface area contributed by atoms with Gasteiger partial charge in [0.25, 0.3) is 0 Å². The van der Waals surface area contributed by atoms with E-state index in [1.54, 1.807) is 6.20 Å². The Kier molecular flexibility index (Phi) is 2.31. The van der Waals surface area contributed by atoms with Crippen LogP contribution in [0.2, 0.25) is 0 Å². The van der Waals surface area contributed by atoms with Gasteiger partial charge < -0.3 is 9.67 Å². The lowest BCUT2D eigenvalue weighted by Crippen LogP contribution is -2.05. The average Bonchev–Trinajstić information content (AvgIpc) is 3.07. The number of hydrogen-bond donors (Lipinski definition) is 1. The maximum absolute atomic E-state index is 10.6. The fourth-order valence-corrected chi connectivity index (χ4v) is 2.09. The van der Waals surface area contributed by atoms with Crippen LogP contribution < -0.4 is 0 Å². The van der Waals surface area contributed by atoms with Crippen molar-refractivity contribution in [2.45, 2.75) is 31.7 Å². The summed E-state index contributed by atoms with van der Waals surface area (Å²) in [6.07, 6.45) is 4.63. The molecule has 0 aromatic carbocycles. The Balaban J connectivity index is 2.03. The molecular formula is C12H13N3O2. The summed E-state index contributed by atoms with van der Waals surface area (Å²) < 4.78 is 2.11. The Morgan fingerprint density at radius 3 is 3.06 bits per heavy atom. The summed E-state index contributed by atoms with van der Waals surface area (Å²) in [7, 11) is 0. The third-order valence-electron chi connectivity index (χ3n) is 3.00. The van der Waals surface area contributed by atoms with Crippen LogP contribution in [-0.2, 0) is 11.2 Å². The Labute approximate surface area is 98.1 Å². The van der Waals surface area contributed by atoms with Crippen LogP contribution in [0.4, 0.5) is 0 Å². The van der Waals surface area contributed by atoms with Crippen LogP contribution in [0.3, 0.4) is 0 Å². The monoisotopic (exact) mass is 231 g/mol. The number of fused-ring (bicyclic) bond motifs is 1. The molecule has 1 N–H and O–H groups in total. The van der Waals surface area contributed by atoms with E-state index in [0.29, 0.717) is 12.5 Å². The van der Waals surface area contributed by atoms with E-state index >= 15 is 0 Å². The molecule has 1 saturated carbocycles. The molecule has 5 nitrogen and oxygen atoms in total. The fourth-order valence-electron chi connectivity index (χ4n) is 2.09. The van der Waals surface area contributed by atoms with Crippen molar-refractivity contribution in [2.24, 2.45) is 0 Å². The number of hydrogen-bond acceptors (Lipinski definition) is 3. The third kappa shape index (κ3) is 1.88. The highest BCUT2D eigenvalue weighted by atomic mass is 16.4. The van der Waals surface area contributed by atoms with E-state index in [0.717, 1.165) is 29.8 Å². The molecule has 0 amide bonds. The van der Waals surface area contributed by atoms with Crippen molar-refractivity contribution < 1.29 is 9.90 Å². The van der Waals surface area contributed by atoms with E-state index in [1.165, 1.54) is 0 Å². The topological polar surface area (TPSA) is 68.0 Å². The molecule has 0 radical (unpaired) electrons. The van der Waals surface area contributed by atoms with Gasteiger partial charge in [-0.3, -0.25) is 4.79 Å². The highest BCUT2D eigenvalue weighted by Crippen LogP contribution is 2.38. The zero-order valence-corrected chi connectivity index (χ0v) is 9.33. The number of nitrogens with zero attached hydrogens (tertiary/aromatic N) is 3. The van der Waals surface area contributed by atoms with E-state index < -0.39 is 5.97 Å². The van der Waals surface area contributed by atoms with Crippen LogP contribution >= 0.6 is 0 Å². The normalized spacial score (nSPS) is 15.3. The van der Waals surface area contributed by atoms with Crippen LogP contribution in [0.15, 0.2) is 18.3 Å². The number of imidazole rings is 1. The molecule has 0 unspecified atom stereocenters. The van der Waals surface area contributed by atoms with Crippen LogP contribution in [0.5, 0.6) is 0 Å². The Morgan fingerprint density at radius 2 is 2.35 bits per heavy atom. The minimum atomic E-state index is -0.785. The first kappa shape index (κ1) is 10.3. The molecule has 0 spiro atoms. The van der Waals surface area contributed by atoms with Crippen molar-refractivity contribution in [3.63, 3.8) is 0 Å². The van der Waals surface area contributed by atoms with Gasteiger partial charge in [0.1, 0.15) is 11.3 Å². The summed E-state index contributed by atoms with van der Waals surface area (Å²) in [5.41, 5.74) is 1.75. The quantitative estimate of drug-likeness (QED) is 0.870. The Morgan fingerprint density at radius 1 is 1.53 bits per heavy atom. The molecule has 2 heterocycles. The molecule has 1 fully saturated rings. The van der Waals surface area contributed by atoms with Gasteiger partial charge in [0.05, 0.1) is 6.42 Å². The second kappa shape index (κ2) is 3.84. The standard InChI is InChI=1S/C12H13N3O2/c16-11(17)6-5-10-14-9-2-1-7-13-12(9)15(10)8-3-4-8/h1-2,7-8H,3-6H2,(H,16,17). The molecule has 0 atom stereocenters. The smallest absolute Gasteiger partial charge is 0.303 e. The number of aliphatic carboxylic acids is 1. The largest absolute Gasteiger partial charge is 0.481 e. The van der Waals surface area contributed by atoms with Crippen molar-refractivity contribution in [3.05, 3.63) is 24.2 Å². The van der Waals surface area contributed by atoms with E-state index in [4.69, 9.17) is 5.11 Å². The highest BCUT2D eigenvalue weighted by Gasteiger charge is 2.28. The first-order chi connectivity index (χ1) is 8.25. The van der Waals surface area contributed by atoms with E-state index in [9.17, 15) is 4.79 Å². The lowest BCUT2D eigenvalue weighted by Gasteiger charge is -2.05. The predicted octanol–water partition coefficient (Wildman–Crippen LogP) is 1.78. The molecule has 0 saturated heterocycles. The van der Waals surface area contributed by atoms with Gasteiger partial charge in [-0.15, -0.1) is 0 Å². The SMILES string of the molecule is O=C(O)CCc1nc2cccnc2n1C1CC1. The molecule has 5 heteroatoms.